The van der Waals surface area contributed by atoms with E-state index in [0.29, 0.717) is 79.2 Å². The maximum atomic E-state index is 14.4. The van der Waals surface area contributed by atoms with E-state index in [-0.39, 0.29) is 76.6 Å². The van der Waals surface area contributed by atoms with Gasteiger partial charge in [-0.2, -0.15) is 4.98 Å². The van der Waals surface area contributed by atoms with Crippen molar-refractivity contribution in [2.45, 2.75) is 148 Å². The Kier molecular flexibility index (Phi) is 15.7. The van der Waals surface area contributed by atoms with Gasteiger partial charge in [0.1, 0.15) is 17.6 Å². The molecule has 448 valence electrons. The minimum absolute atomic E-state index is 0.0178. The van der Waals surface area contributed by atoms with Crippen LogP contribution in [0.5, 0.6) is 0 Å². The zero-order chi connectivity index (χ0) is 59.0. The van der Waals surface area contributed by atoms with Crippen LogP contribution in [0, 0.1) is 63.6 Å². The molecule has 6 N–H and O–H groups in total. The number of Topliss-reactive ketones (excluding diaryl/α,β-unsaturated/α-hetero) is 1. The minimum Gasteiger partial charge on any atom is -0.424 e. The summed E-state index contributed by atoms with van der Waals surface area (Å²) in [6, 6.07) is 26.2. The predicted molar refractivity (Wildman–Crippen MR) is 313 cm³/mol. The number of primary amides is 1. The molecule has 0 radical (unpaired) electrons. The van der Waals surface area contributed by atoms with Crippen LogP contribution < -0.4 is 21.7 Å². The van der Waals surface area contributed by atoms with Crippen LogP contribution in [-0.4, -0.2) is 129 Å². The number of amides is 5. The van der Waals surface area contributed by atoms with E-state index in [1.165, 1.54) is 0 Å². The maximum Gasteiger partial charge on any atom is 0.296 e. The quantitative estimate of drug-likeness (QED) is 0.0827. The Balaban J connectivity index is 0.000000130. The van der Waals surface area contributed by atoms with Gasteiger partial charge in [-0.05, 0) is 95.6 Å². The summed E-state index contributed by atoms with van der Waals surface area (Å²) in [6.45, 7) is 16.4. The third-order valence-electron chi connectivity index (χ3n) is 21.6. The van der Waals surface area contributed by atoms with Crippen molar-refractivity contribution in [3.8, 4) is 0 Å². The second-order valence-corrected chi connectivity index (χ2v) is 27.4. The average Bonchev–Trinajstić information content (AvgIpc) is 1.61. The number of fused-ring (bicyclic) bond motifs is 7. The lowest BCUT2D eigenvalue weighted by Gasteiger charge is -2.37. The van der Waals surface area contributed by atoms with Gasteiger partial charge < -0.3 is 55.4 Å². The fourth-order valence-electron chi connectivity index (χ4n) is 16.3. The largest absolute Gasteiger partial charge is 0.424 e. The maximum absolute atomic E-state index is 14.4. The molecule has 0 bridgehead atoms. The molecule has 18 nitrogen and oxygen atoms in total. The Morgan fingerprint density at radius 1 is 0.762 bits per heavy atom. The summed E-state index contributed by atoms with van der Waals surface area (Å²) in [5.74, 6) is 0.869. The standard InChI is InChI=1S/C31H41N5O5.C15H17NO2.C12H11NO2.C8H15NO/c1-31(2)19-16-36(25(23(19)31)28(39)33-21(26(37)27(32)38)15-17-9-8-10-17)29(40)24(18-11-4-3-5-12-18)35-30-34-20-13-6-7-14-22(20)41-30;1-15(2)11-10-8-18-14(9-6-4-3-5-7-9)16(10)13(17)12(11)15;14-11-7-6-10-8-15-12(13(10)11)9-4-2-1-3-5-9;1-8(2)5-3-9-6(4-10)7(5)8/h6-7,13-14,17-19,21,23-25H,3-5,8-12,15-16H2,1-2H3,(H2,32,38)(H,33,39)(H,34,35);3-7,10-12,14H,8H2,1-2H3;1-7,10,12H,8H2;5-7,9-10H,3-4H2,1-2H3/t19-,21?,23-,24-,25-;10?,11-,12-,14-;10?,12-;5-,6?,7-/m0110/s1. The topological polar surface area (TPSA) is 239 Å². The Morgan fingerprint density at radius 2 is 1.40 bits per heavy atom. The fraction of sp³-hybridized carbons (Fsp3) is 0.591. The number of nitrogens with one attached hydrogen (secondary N) is 3. The number of carbonyl (C=O) groups excluding carboxylic acids is 6. The van der Waals surface area contributed by atoms with E-state index >= 15 is 0 Å². The van der Waals surface area contributed by atoms with E-state index in [0.717, 1.165) is 80.9 Å². The molecule has 11 aliphatic rings. The van der Waals surface area contributed by atoms with Crippen LogP contribution in [0.3, 0.4) is 0 Å². The van der Waals surface area contributed by atoms with Crippen LogP contribution in [0.1, 0.15) is 123 Å². The first-order valence-corrected chi connectivity index (χ1v) is 30.9. The van der Waals surface area contributed by atoms with Gasteiger partial charge in [0.15, 0.2) is 18.0 Å². The number of nitrogens with zero attached hydrogens (tertiary/aromatic N) is 4. The summed E-state index contributed by atoms with van der Waals surface area (Å²) >= 11 is 0. The van der Waals surface area contributed by atoms with Crippen LogP contribution in [0.4, 0.5) is 6.01 Å². The normalized spacial score (nSPS) is 32.6. The number of likely N-dealkylation sites (tertiary alicyclic amines) is 1. The number of piperidine rings is 3. The Hall–Kier alpha value is -6.47. The summed E-state index contributed by atoms with van der Waals surface area (Å²) < 4.78 is 17.4. The minimum atomic E-state index is -1.04. The first-order chi connectivity index (χ1) is 40.3. The second kappa shape index (κ2) is 22.8. The van der Waals surface area contributed by atoms with Crippen molar-refractivity contribution >= 4 is 52.4 Å². The summed E-state index contributed by atoms with van der Waals surface area (Å²) in [5.41, 5.74) is 9.44. The van der Waals surface area contributed by atoms with Gasteiger partial charge in [-0.1, -0.05) is 159 Å². The first kappa shape index (κ1) is 57.9. The van der Waals surface area contributed by atoms with Crippen molar-refractivity contribution in [2.24, 2.45) is 69.3 Å². The monoisotopic (exact) mass is 1150 g/mol. The van der Waals surface area contributed by atoms with E-state index in [4.69, 9.17) is 24.7 Å². The lowest BCUT2D eigenvalue weighted by Crippen LogP contribution is -2.58. The lowest BCUT2D eigenvalue weighted by atomic mass is 9.80. The number of benzene rings is 3. The summed E-state index contributed by atoms with van der Waals surface area (Å²) in [5, 5.41) is 18.4. The smallest absolute Gasteiger partial charge is 0.296 e. The van der Waals surface area contributed by atoms with Crippen molar-refractivity contribution in [1.82, 2.24) is 30.3 Å². The molecular formula is C66H84N8O10. The molecule has 7 heterocycles. The van der Waals surface area contributed by atoms with Gasteiger partial charge in [0.05, 0.1) is 37.9 Å². The van der Waals surface area contributed by atoms with E-state index in [1.807, 2.05) is 95.9 Å². The highest BCUT2D eigenvalue weighted by atomic mass is 16.5. The number of oxazole rings is 1. The van der Waals surface area contributed by atoms with E-state index in [2.05, 4.69) is 62.5 Å². The molecule has 5 aliphatic carbocycles. The number of nitrogens with two attached hydrogens (primary N) is 1. The van der Waals surface area contributed by atoms with Gasteiger partial charge >= 0.3 is 0 Å². The van der Waals surface area contributed by atoms with Crippen molar-refractivity contribution in [3.63, 3.8) is 0 Å². The number of aromatic nitrogens is 1. The Labute approximate surface area is 492 Å². The van der Waals surface area contributed by atoms with Crippen molar-refractivity contribution in [1.29, 1.82) is 0 Å². The molecule has 84 heavy (non-hydrogen) atoms. The molecular weight excluding hydrogens is 1060 g/mol. The molecule has 5 saturated heterocycles. The number of hydrogen-bond donors (Lipinski definition) is 5. The highest BCUT2D eigenvalue weighted by Crippen LogP contribution is 2.68. The number of carbonyl (C=O) groups is 6. The first-order valence-electron chi connectivity index (χ1n) is 30.9. The number of anilines is 1. The fourth-order valence-corrected chi connectivity index (χ4v) is 16.3. The van der Waals surface area contributed by atoms with Gasteiger partial charge in [-0.15, -0.1) is 0 Å². The molecule has 6 aliphatic heterocycles. The molecule has 4 aromatic rings. The molecule has 5 saturated carbocycles. The van der Waals surface area contributed by atoms with Crippen LogP contribution >= 0.6 is 0 Å². The SMILES string of the molecule is CC1(C)[C@@H]2C(CO)NC[C@@H]21.CC1(C)[C@@H]2C3CO[C@H](c4ccccc4)N3C(=O)[C@@H]21.CC1(C)[C@@H]2[C@@H](C(=O)NC(CC3CCC3)C(=O)C(N)=O)N(C(=O)[C@@H](Nc3nc4ccccc4o3)C3CCCCC3)C[C@@H]21.O=C1C=CC2CO[C@H](c3ccccc3)N12. The number of ether oxygens (including phenoxy) is 2. The second-order valence-electron chi connectivity index (χ2n) is 27.4. The van der Waals surface area contributed by atoms with Crippen LogP contribution in [0.25, 0.3) is 11.1 Å². The van der Waals surface area contributed by atoms with Crippen LogP contribution in [0.15, 0.2) is 101 Å². The van der Waals surface area contributed by atoms with E-state index in [1.54, 1.807) is 15.9 Å². The highest BCUT2D eigenvalue weighted by molar-refractivity contribution is 6.37. The Bertz CT molecular complexity index is 3120. The number of ketones is 1. The van der Waals surface area contributed by atoms with E-state index < -0.39 is 29.8 Å². The van der Waals surface area contributed by atoms with Gasteiger partial charge in [0.25, 0.3) is 11.9 Å². The number of aliphatic hydroxyl groups is 1. The highest BCUT2D eigenvalue weighted by Gasteiger charge is 2.74. The average molecular weight is 1150 g/mol. The number of hydrogen-bond acceptors (Lipinski definition) is 13. The van der Waals surface area contributed by atoms with Crippen LogP contribution in [0.2, 0.25) is 0 Å². The molecule has 1 aromatic heterocycles. The Morgan fingerprint density at radius 3 is 2.01 bits per heavy atom. The zero-order valence-electron chi connectivity index (χ0n) is 49.4. The van der Waals surface area contributed by atoms with E-state index in [9.17, 15) is 28.8 Å². The molecule has 0 spiro atoms. The molecule has 4 unspecified atom stereocenters. The molecule has 15 rings (SSSR count). The lowest BCUT2D eigenvalue weighted by molar-refractivity contribution is -0.144. The van der Waals surface area contributed by atoms with Crippen molar-refractivity contribution in [2.75, 3.05) is 38.2 Å². The number of rotatable bonds is 13. The summed E-state index contributed by atoms with van der Waals surface area (Å²) in [4.78, 5) is 86.9. The molecule has 3 aromatic carbocycles. The van der Waals surface area contributed by atoms with Gasteiger partial charge in [-0.25, -0.2) is 0 Å². The van der Waals surface area contributed by atoms with Gasteiger partial charge in [0.2, 0.25) is 29.4 Å². The third kappa shape index (κ3) is 10.6. The molecule has 5 amide bonds. The number of para-hydroxylation sites is 2. The summed E-state index contributed by atoms with van der Waals surface area (Å²) in [7, 11) is 0. The van der Waals surface area contributed by atoms with Gasteiger partial charge in [0, 0.05) is 35.7 Å². The molecule has 10 fully saturated rings. The predicted octanol–water partition coefficient (Wildman–Crippen LogP) is 7.30. The third-order valence-corrected chi connectivity index (χ3v) is 21.6. The van der Waals surface area contributed by atoms with Crippen molar-refractivity contribution < 1.29 is 47.8 Å². The summed E-state index contributed by atoms with van der Waals surface area (Å²) in [6.07, 6.45) is 11.6. The number of aliphatic hydroxyl groups excluding tert-OH is 1. The van der Waals surface area contributed by atoms with Gasteiger partial charge in [-0.3, -0.25) is 28.8 Å². The molecule has 14 atom stereocenters. The van der Waals surface area contributed by atoms with Crippen molar-refractivity contribution in [3.05, 3.63) is 108 Å². The zero-order valence-corrected chi connectivity index (χ0v) is 49.4. The van der Waals surface area contributed by atoms with Crippen LogP contribution in [-0.2, 0) is 38.2 Å². The molecule has 18 heteroatoms.